The molecule has 0 N–H and O–H groups in total. The van der Waals surface area contributed by atoms with Gasteiger partial charge in [-0.2, -0.15) is 0 Å². The summed E-state index contributed by atoms with van der Waals surface area (Å²) in [5, 5.41) is 3.38. The second-order valence-corrected chi connectivity index (χ2v) is 7.31. The molecule has 0 fully saturated rings. The molecule has 4 rings (SSSR count). The lowest BCUT2D eigenvalue weighted by Crippen LogP contribution is -1.77. The molecule has 0 nitrogen and oxygen atoms in total. The highest BCUT2D eigenvalue weighted by molar-refractivity contribution is 9.10. The zero-order valence-corrected chi connectivity index (χ0v) is 14.1. The Morgan fingerprint density at radius 2 is 1.57 bits per heavy atom. The van der Waals surface area contributed by atoms with Crippen LogP contribution in [0.15, 0.2) is 65.1 Å². The Bertz CT molecular complexity index is 954. The van der Waals surface area contributed by atoms with E-state index >= 15 is 0 Å². The monoisotopic (exact) mass is 372 g/mol. The van der Waals surface area contributed by atoms with E-state index in [-0.39, 0.29) is 0 Å². The minimum Gasteiger partial charge on any atom is -0.135 e. The van der Waals surface area contributed by atoms with Crippen LogP contribution in [0.4, 0.5) is 0 Å². The number of fused-ring (bicyclic) bond motifs is 3. The van der Waals surface area contributed by atoms with Gasteiger partial charge >= 0.3 is 0 Å². The van der Waals surface area contributed by atoms with E-state index < -0.39 is 0 Å². The Morgan fingerprint density at radius 3 is 2.38 bits per heavy atom. The molecule has 0 aliphatic heterocycles. The summed E-state index contributed by atoms with van der Waals surface area (Å²) in [6, 6.07) is 21.0. The van der Waals surface area contributed by atoms with E-state index in [2.05, 4.69) is 64.5 Å². The Kier molecular flexibility index (Phi) is 3.26. The lowest BCUT2D eigenvalue weighted by molar-refractivity contribution is 1.65. The van der Waals surface area contributed by atoms with Gasteiger partial charge in [-0.15, -0.1) is 11.3 Å². The van der Waals surface area contributed by atoms with Crippen LogP contribution in [0.3, 0.4) is 0 Å². The van der Waals surface area contributed by atoms with Gasteiger partial charge in [0.05, 0.1) is 0 Å². The topological polar surface area (TPSA) is 0 Å². The maximum absolute atomic E-state index is 5.96. The van der Waals surface area contributed by atoms with Crippen molar-refractivity contribution in [1.29, 1.82) is 0 Å². The lowest BCUT2D eigenvalue weighted by atomic mass is 10.0. The van der Waals surface area contributed by atoms with Crippen LogP contribution in [0.25, 0.3) is 31.3 Å². The highest BCUT2D eigenvalue weighted by Gasteiger charge is 2.09. The quantitative estimate of drug-likeness (QED) is 0.332. The molecule has 0 amide bonds. The van der Waals surface area contributed by atoms with Crippen molar-refractivity contribution >= 4 is 59.0 Å². The molecular formula is C18H10BrClS. The molecule has 1 heterocycles. The largest absolute Gasteiger partial charge is 0.135 e. The van der Waals surface area contributed by atoms with Crippen molar-refractivity contribution in [2.75, 3.05) is 0 Å². The number of hydrogen-bond donors (Lipinski definition) is 0. The van der Waals surface area contributed by atoms with E-state index in [0.29, 0.717) is 0 Å². The van der Waals surface area contributed by atoms with Gasteiger partial charge in [-0.05, 0) is 41.5 Å². The van der Waals surface area contributed by atoms with Gasteiger partial charge in [-0.3, -0.25) is 0 Å². The van der Waals surface area contributed by atoms with Crippen LogP contribution >= 0.6 is 38.9 Å². The molecule has 3 aromatic carbocycles. The van der Waals surface area contributed by atoms with Crippen LogP contribution in [0.1, 0.15) is 0 Å². The van der Waals surface area contributed by atoms with Crippen LogP contribution in [-0.2, 0) is 0 Å². The molecule has 1 aromatic heterocycles. The molecule has 0 spiro atoms. The third kappa shape index (κ3) is 2.28. The first kappa shape index (κ1) is 13.3. The average Bonchev–Trinajstić information content (AvgIpc) is 2.86. The lowest BCUT2D eigenvalue weighted by Gasteiger charge is -2.02. The zero-order valence-electron chi connectivity index (χ0n) is 10.9. The van der Waals surface area contributed by atoms with Crippen molar-refractivity contribution in [1.82, 2.24) is 0 Å². The summed E-state index contributed by atoms with van der Waals surface area (Å²) in [7, 11) is 0. The average molecular weight is 374 g/mol. The summed E-state index contributed by atoms with van der Waals surface area (Å²) in [4.78, 5) is 0. The zero-order chi connectivity index (χ0) is 14.4. The number of benzene rings is 3. The van der Waals surface area contributed by atoms with Gasteiger partial charge in [0.15, 0.2) is 0 Å². The summed E-state index contributed by atoms with van der Waals surface area (Å²) in [5.74, 6) is 0. The van der Waals surface area contributed by atoms with Crippen LogP contribution in [0.5, 0.6) is 0 Å². The van der Waals surface area contributed by atoms with Gasteiger partial charge < -0.3 is 0 Å². The maximum Gasteiger partial charge on any atom is 0.0406 e. The minimum absolute atomic E-state index is 0.769. The van der Waals surface area contributed by atoms with Crippen molar-refractivity contribution in [2.24, 2.45) is 0 Å². The second-order valence-electron chi connectivity index (χ2n) is 4.93. The van der Waals surface area contributed by atoms with Gasteiger partial charge in [0, 0.05) is 29.7 Å². The molecular weight excluding hydrogens is 364 g/mol. The van der Waals surface area contributed by atoms with Crippen molar-refractivity contribution in [2.45, 2.75) is 0 Å². The fraction of sp³-hybridized carbons (Fsp3) is 0. The Labute approximate surface area is 140 Å². The van der Waals surface area contributed by atoms with E-state index in [4.69, 9.17) is 11.6 Å². The Balaban J connectivity index is 1.96. The molecule has 0 aliphatic rings. The van der Waals surface area contributed by atoms with Crippen LogP contribution < -0.4 is 0 Å². The molecule has 21 heavy (non-hydrogen) atoms. The summed E-state index contributed by atoms with van der Waals surface area (Å²) >= 11 is 11.5. The van der Waals surface area contributed by atoms with Crippen molar-refractivity contribution < 1.29 is 0 Å². The standard InChI is InChI=1S/C18H10BrClS/c19-15-2-1-3-16-18(15)14-9-6-12(10-17(14)21-16)11-4-7-13(20)8-5-11/h1-10H. The highest BCUT2D eigenvalue weighted by Crippen LogP contribution is 2.39. The van der Waals surface area contributed by atoms with Gasteiger partial charge in [-0.25, -0.2) is 0 Å². The maximum atomic E-state index is 5.96. The molecule has 0 saturated carbocycles. The van der Waals surface area contributed by atoms with Gasteiger partial charge in [0.1, 0.15) is 0 Å². The van der Waals surface area contributed by atoms with Crippen LogP contribution in [0, 0.1) is 0 Å². The van der Waals surface area contributed by atoms with E-state index in [9.17, 15) is 0 Å². The molecule has 4 aromatic rings. The number of rotatable bonds is 1. The van der Waals surface area contributed by atoms with Crippen LogP contribution in [0.2, 0.25) is 5.02 Å². The third-order valence-corrected chi connectivity index (χ3v) is 5.65. The first-order valence-corrected chi connectivity index (χ1v) is 8.58. The highest BCUT2D eigenvalue weighted by atomic mass is 79.9. The molecule has 0 saturated heterocycles. The molecule has 102 valence electrons. The fourth-order valence-corrected chi connectivity index (χ4v) is 4.61. The summed E-state index contributed by atoms with van der Waals surface area (Å²) in [6.45, 7) is 0. The van der Waals surface area contributed by atoms with Crippen LogP contribution in [-0.4, -0.2) is 0 Å². The number of hydrogen-bond acceptors (Lipinski definition) is 1. The van der Waals surface area contributed by atoms with Gasteiger partial charge in [0.25, 0.3) is 0 Å². The summed E-state index contributed by atoms with van der Waals surface area (Å²) < 4.78 is 3.78. The van der Waals surface area contributed by atoms with Gasteiger partial charge in [-0.1, -0.05) is 57.9 Å². The molecule has 0 aliphatic carbocycles. The molecule has 0 unspecified atom stereocenters. The first-order chi connectivity index (χ1) is 10.2. The third-order valence-electron chi connectivity index (χ3n) is 3.62. The second kappa shape index (κ2) is 5.13. The SMILES string of the molecule is Clc1ccc(-c2ccc3c(c2)sc2cccc(Br)c23)cc1. The van der Waals surface area contributed by atoms with Crippen molar-refractivity contribution in [3.63, 3.8) is 0 Å². The predicted octanol–water partition coefficient (Wildman–Crippen LogP) is 7.14. The first-order valence-electron chi connectivity index (χ1n) is 6.59. The van der Waals surface area contributed by atoms with E-state index in [1.165, 1.54) is 31.3 Å². The molecule has 0 atom stereocenters. The predicted molar refractivity (Wildman–Crippen MR) is 97.5 cm³/mol. The van der Waals surface area contributed by atoms with E-state index in [1.54, 1.807) is 0 Å². The summed E-state index contributed by atoms with van der Waals surface area (Å²) in [6.07, 6.45) is 0. The molecule has 0 bridgehead atoms. The molecule has 3 heteroatoms. The summed E-state index contributed by atoms with van der Waals surface area (Å²) in [5.41, 5.74) is 2.42. The van der Waals surface area contributed by atoms with Crippen molar-refractivity contribution in [3.05, 3.63) is 70.2 Å². The smallest absolute Gasteiger partial charge is 0.0406 e. The number of halogens is 2. The Hall–Kier alpha value is -1.35. The van der Waals surface area contributed by atoms with Crippen molar-refractivity contribution in [3.8, 4) is 11.1 Å². The number of thiophene rings is 1. The molecule has 0 radical (unpaired) electrons. The normalized spacial score (nSPS) is 11.3. The fourth-order valence-electron chi connectivity index (χ4n) is 2.60. The minimum atomic E-state index is 0.769. The van der Waals surface area contributed by atoms with E-state index in [1.807, 2.05) is 23.5 Å². The van der Waals surface area contributed by atoms with Gasteiger partial charge in [0.2, 0.25) is 0 Å². The Morgan fingerprint density at radius 1 is 0.810 bits per heavy atom. The van der Waals surface area contributed by atoms with E-state index in [0.717, 1.165) is 9.50 Å².